The molecule has 0 aliphatic carbocycles. The van der Waals surface area contributed by atoms with Crippen molar-refractivity contribution in [3.05, 3.63) is 30.1 Å². The summed E-state index contributed by atoms with van der Waals surface area (Å²) in [7, 11) is 0. The fourth-order valence-electron chi connectivity index (χ4n) is 3.70. The maximum absolute atomic E-state index is 12.7. The maximum atomic E-state index is 12.7. The SMILES string of the molecule is O=C(Cc1nc2ccccc2n1CC(=O)N1CCOCC1)N1CCCC1. The molecule has 138 valence electrons. The molecule has 0 spiro atoms. The molecule has 2 saturated heterocycles. The van der Waals surface area contributed by atoms with E-state index in [1.165, 1.54) is 0 Å². The minimum Gasteiger partial charge on any atom is -0.378 e. The molecule has 0 N–H and O–H groups in total. The van der Waals surface area contributed by atoms with E-state index in [-0.39, 0.29) is 24.8 Å². The van der Waals surface area contributed by atoms with Gasteiger partial charge in [-0.2, -0.15) is 0 Å². The van der Waals surface area contributed by atoms with E-state index in [1.54, 1.807) is 0 Å². The predicted molar refractivity (Wildman–Crippen MR) is 96.7 cm³/mol. The highest BCUT2D eigenvalue weighted by Crippen LogP contribution is 2.18. The highest BCUT2D eigenvalue weighted by molar-refractivity contribution is 5.84. The lowest BCUT2D eigenvalue weighted by Crippen LogP contribution is -2.42. The molecule has 4 rings (SSSR count). The molecule has 3 heterocycles. The van der Waals surface area contributed by atoms with Gasteiger partial charge in [0.1, 0.15) is 12.4 Å². The Morgan fingerprint density at radius 1 is 0.962 bits per heavy atom. The Hall–Kier alpha value is -2.41. The molecule has 0 bridgehead atoms. The number of hydrogen-bond acceptors (Lipinski definition) is 4. The molecule has 7 heteroatoms. The summed E-state index contributed by atoms with van der Waals surface area (Å²) in [5.41, 5.74) is 1.73. The van der Waals surface area contributed by atoms with E-state index < -0.39 is 0 Å². The van der Waals surface area contributed by atoms with E-state index >= 15 is 0 Å². The van der Waals surface area contributed by atoms with E-state index in [0.29, 0.717) is 32.1 Å². The minimum atomic E-state index is 0.0475. The number of likely N-dealkylation sites (tertiary alicyclic amines) is 1. The Labute approximate surface area is 152 Å². The molecule has 2 aliphatic rings. The van der Waals surface area contributed by atoms with Gasteiger partial charge in [0.15, 0.2) is 0 Å². The van der Waals surface area contributed by atoms with Gasteiger partial charge in [0.05, 0.1) is 30.7 Å². The van der Waals surface area contributed by atoms with Gasteiger partial charge in [-0.25, -0.2) is 4.98 Å². The zero-order valence-corrected chi connectivity index (χ0v) is 14.9. The second kappa shape index (κ2) is 7.45. The van der Waals surface area contributed by atoms with Crippen LogP contribution in [0.5, 0.6) is 0 Å². The van der Waals surface area contributed by atoms with Crippen molar-refractivity contribution in [3.8, 4) is 0 Å². The van der Waals surface area contributed by atoms with Crippen LogP contribution in [0.25, 0.3) is 11.0 Å². The summed E-state index contributed by atoms with van der Waals surface area (Å²) in [6, 6.07) is 7.75. The Morgan fingerprint density at radius 3 is 2.42 bits per heavy atom. The van der Waals surface area contributed by atoms with Gasteiger partial charge in [0.25, 0.3) is 0 Å². The van der Waals surface area contributed by atoms with E-state index in [2.05, 4.69) is 4.98 Å². The third-order valence-electron chi connectivity index (χ3n) is 5.16. The number of hydrogen-bond donors (Lipinski definition) is 0. The first kappa shape index (κ1) is 17.0. The highest BCUT2D eigenvalue weighted by Gasteiger charge is 2.23. The molecule has 0 saturated carbocycles. The summed E-state index contributed by atoms with van der Waals surface area (Å²) >= 11 is 0. The standard InChI is InChI=1S/C19H24N4O3/c24-18(21-7-3-4-8-21)13-17-20-15-5-1-2-6-16(15)23(17)14-19(25)22-9-11-26-12-10-22/h1-2,5-6H,3-4,7-14H2. The lowest BCUT2D eigenvalue weighted by atomic mass is 10.3. The van der Waals surface area contributed by atoms with Crippen LogP contribution in [0.2, 0.25) is 0 Å². The van der Waals surface area contributed by atoms with Crippen molar-refractivity contribution in [3.63, 3.8) is 0 Å². The van der Waals surface area contributed by atoms with Crippen LogP contribution in [0.15, 0.2) is 24.3 Å². The van der Waals surface area contributed by atoms with Crippen LogP contribution in [-0.2, 0) is 27.3 Å². The third kappa shape index (κ3) is 3.44. The van der Waals surface area contributed by atoms with Crippen molar-refractivity contribution in [2.45, 2.75) is 25.8 Å². The number of para-hydroxylation sites is 2. The lowest BCUT2D eigenvalue weighted by molar-refractivity contribution is -0.136. The van der Waals surface area contributed by atoms with E-state index in [0.717, 1.165) is 37.0 Å². The molecule has 7 nitrogen and oxygen atoms in total. The molecule has 0 unspecified atom stereocenters. The van der Waals surface area contributed by atoms with Crippen LogP contribution in [0, 0.1) is 0 Å². The Balaban J connectivity index is 1.58. The monoisotopic (exact) mass is 356 g/mol. The Bertz CT molecular complexity index is 804. The minimum absolute atomic E-state index is 0.0475. The van der Waals surface area contributed by atoms with Crippen LogP contribution in [0.1, 0.15) is 18.7 Å². The number of ether oxygens (including phenoxy) is 1. The van der Waals surface area contributed by atoms with Gasteiger partial charge in [0.2, 0.25) is 11.8 Å². The second-order valence-corrected chi connectivity index (χ2v) is 6.86. The molecule has 26 heavy (non-hydrogen) atoms. The van der Waals surface area contributed by atoms with Crippen molar-refractivity contribution in [2.24, 2.45) is 0 Å². The quantitative estimate of drug-likeness (QED) is 0.822. The average molecular weight is 356 g/mol. The molecule has 1 aromatic carbocycles. The van der Waals surface area contributed by atoms with Crippen molar-refractivity contribution >= 4 is 22.8 Å². The summed E-state index contributed by atoms with van der Waals surface area (Å²) < 4.78 is 7.23. The zero-order valence-electron chi connectivity index (χ0n) is 14.9. The van der Waals surface area contributed by atoms with Gasteiger partial charge >= 0.3 is 0 Å². The molecule has 2 aromatic rings. The predicted octanol–water partition coefficient (Wildman–Crippen LogP) is 1.06. The van der Waals surface area contributed by atoms with Gasteiger partial charge in [0, 0.05) is 26.2 Å². The average Bonchev–Trinajstić information content (AvgIpc) is 3.31. The fraction of sp³-hybridized carbons (Fsp3) is 0.526. The number of morpholine rings is 1. The van der Waals surface area contributed by atoms with Crippen LogP contribution in [0.4, 0.5) is 0 Å². The lowest BCUT2D eigenvalue weighted by Gasteiger charge is -2.27. The van der Waals surface area contributed by atoms with E-state index in [4.69, 9.17) is 4.74 Å². The third-order valence-corrected chi connectivity index (χ3v) is 5.16. The first-order valence-electron chi connectivity index (χ1n) is 9.30. The van der Waals surface area contributed by atoms with Crippen molar-refractivity contribution in [1.29, 1.82) is 0 Å². The smallest absolute Gasteiger partial charge is 0.242 e. The number of benzene rings is 1. The highest BCUT2D eigenvalue weighted by atomic mass is 16.5. The number of amides is 2. The summed E-state index contributed by atoms with van der Waals surface area (Å²) in [6.07, 6.45) is 2.38. The van der Waals surface area contributed by atoms with Crippen molar-refractivity contribution < 1.29 is 14.3 Å². The number of rotatable bonds is 4. The van der Waals surface area contributed by atoms with Crippen LogP contribution >= 0.6 is 0 Å². The molecule has 0 radical (unpaired) electrons. The normalized spacial score (nSPS) is 17.8. The summed E-state index contributed by atoms with van der Waals surface area (Å²) in [4.78, 5) is 33.7. The van der Waals surface area contributed by atoms with E-state index in [1.807, 2.05) is 38.6 Å². The zero-order chi connectivity index (χ0) is 17.9. The number of nitrogens with zero attached hydrogens (tertiary/aromatic N) is 4. The van der Waals surface area contributed by atoms with Gasteiger partial charge in [-0.15, -0.1) is 0 Å². The van der Waals surface area contributed by atoms with Crippen molar-refractivity contribution in [2.75, 3.05) is 39.4 Å². The molecule has 0 atom stereocenters. The van der Waals surface area contributed by atoms with Crippen LogP contribution in [-0.4, -0.2) is 70.6 Å². The molecular formula is C19H24N4O3. The number of fused-ring (bicyclic) bond motifs is 1. The number of aromatic nitrogens is 2. The summed E-state index contributed by atoms with van der Waals surface area (Å²) in [5, 5.41) is 0. The molecular weight excluding hydrogens is 332 g/mol. The topological polar surface area (TPSA) is 67.7 Å². The maximum Gasteiger partial charge on any atom is 0.242 e. The molecule has 2 aliphatic heterocycles. The van der Waals surface area contributed by atoms with E-state index in [9.17, 15) is 9.59 Å². The number of imidazole rings is 1. The van der Waals surface area contributed by atoms with Crippen LogP contribution in [0.3, 0.4) is 0 Å². The number of carbonyl (C=O) groups is 2. The Kier molecular flexibility index (Phi) is 4.88. The summed E-state index contributed by atoms with van der Waals surface area (Å²) in [6.45, 7) is 4.26. The fourth-order valence-corrected chi connectivity index (χ4v) is 3.70. The second-order valence-electron chi connectivity index (χ2n) is 6.86. The van der Waals surface area contributed by atoms with Gasteiger partial charge in [-0.05, 0) is 25.0 Å². The first-order chi connectivity index (χ1) is 12.7. The number of carbonyl (C=O) groups excluding carboxylic acids is 2. The summed E-state index contributed by atoms with van der Waals surface area (Å²) in [5.74, 6) is 0.814. The first-order valence-corrected chi connectivity index (χ1v) is 9.30. The molecule has 2 amide bonds. The van der Waals surface area contributed by atoms with Gasteiger partial charge in [-0.1, -0.05) is 12.1 Å². The van der Waals surface area contributed by atoms with Crippen molar-refractivity contribution in [1.82, 2.24) is 19.4 Å². The van der Waals surface area contributed by atoms with Gasteiger partial charge < -0.3 is 19.1 Å². The largest absolute Gasteiger partial charge is 0.378 e. The Morgan fingerprint density at radius 2 is 1.65 bits per heavy atom. The molecule has 2 fully saturated rings. The van der Waals surface area contributed by atoms with Gasteiger partial charge in [-0.3, -0.25) is 9.59 Å². The van der Waals surface area contributed by atoms with Crippen LogP contribution < -0.4 is 0 Å². The molecule has 1 aromatic heterocycles.